The number of carboxylic acids is 1. The summed E-state index contributed by atoms with van der Waals surface area (Å²) in [5.41, 5.74) is 0. The Morgan fingerprint density at radius 1 is 0.465 bits per heavy atom. The van der Waals surface area contributed by atoms with E-state index in [2.05, 4.69) is 98.9 Å². The summed E-state index contributed by atoms with van der Waals surface area (Å²) in [7, 11) is 0. The normalized spacial score (nSPS) is 13.6. The van der Waals surface area contributed by atoms with Crippen molar-refractivity contribution in [1.82, 2.24) is 0 Å². The lowest BCUT2D eigenvalue weighted by Crippen LogP contribution is -2.23. The van der Waals surface area contributed by atoms with Crippen LogP contribution < -0.4 is 0 Å². The summed E-state index contributed by atoms with van der Waals surface area (Å²) >= 11 is 0. The number of rotatable bonds is 29. The Kier molecular flexibility index (Phi) is 31.3. The average molecular weight is 591 g/mol. The van der Waals surface area contributed by atoms with Crippen LogP contribution >= 0.6 is 0 Å². The Hall–Kier alpha value is -2.94. The summed E-state index contributed by atoms with van der Waals surface area (Å²) in [5, 5.41) is 9.52. The van der Waals surface area contributed by atoms with Crippen molar-refractivity contribution < 1.29 is 14.7 Å². The summed E-state index contributed by atoms with van der Waals surface area (Å²) in [6.45, 7) is 4.46. The van der Waals surface area contributed by atoms with Gasteiger partial charge in [-0.05, 0) is 89.9 Å². The van der Waals surface area contributed by atoms with E-state index >= 15 is 0 Å². The van der Waals surface area contributed by atoms with E-state index in [1.54, 1.807) is 0 Å². The Balaban J connectivity index is 3.94. The molecule has 3 nitrogen and oxygen atoms in total. The zero-order valence-electron chi connectivity index (χ0n) is 27.5. The first-order valence-corrected chi connectivity index (χ1v) is 17.1. The third kappa shape index (κ3) is 30.3. The van der Waals surface area contributed by atoms with Crippen LogP contribution in [0.2, 0.25) is 0 Å². The second-order valence-electron chi connectivity index (χ2n) is 11.0. The summed E-state index contributed by atoms with van der Waals surface area (Å²) < 4.78 is 0. The molecule has 0 bridgehead atoms. The monoisotopic (exact) mass is 590 g/mol. The van der Waals surface area contributed by atoms with Crippen LogP contribution in [-0.4, -0.2) is 16.9 Å². The summed E-state index contributed by atoms with van der Waals surface area (Å²) in [4.78, 5) is 24.1. The van der Waals surface area contributed by atoms with Crippen LogP contribution in [-0.2, 0) is 9.59 Å². The van der Waals surface area contributed by atoms with Crippen molar-refractivity contribution in [3.8, 4) is 0 Å². The fourth-order valence-corrected chi connectivity index (χ4v) is 4.38. The van der Waals surface area contributed by atoms with Crippen molar-refractivity contribution in [2.24, 2.45) is 5.92 Å². The molecule has 0 heterocycles. The van der Waals surface area contributed by atoms with Gasteiger partial charge in [-0.25, -0.2) is 0 Å². The first-order chi connectivity index (χ1) is 21.1. The van der Waals surface area contributed by atoms with Crippen molar-refractivity contribution >= 4 is 11.8 Å². The maximum Gasteiger partial charge on any atom is 0.314 e. The lowest BCUT2D eigenvalue weighted by molar-refractivity contribution is -0.146. The first kappa shape index (κ1) is 40.1. The molecule has 0 aromatic rings. The number of unbranched alkanes of at least 4 members (excludes halogenated alkanes) is 7. The van der Waals surface area contributed by atoms with Crippen molar-refractivity contribution in [2.45, 2.75) is 136 Å². The van der Waals surface area contributed by atoms with Crippen LogP contribution in [0.15, 0.2) is 97.2 Å². The molecule has 1 unspecified atom stereocenters. The van der Waals surface area contributed by atoms with Gasteiger partial charge in [-0.3, -0.25) is 9.59 Å². The highest BCUT2D eigenvalue weighted by Crippen LogP contribution is 2.14. The molecule has 1 N–H and O–H groups in total. The molecule has 0 aromatic carbocycles. The molecular formula is C40H62O3. The maximum atomic E-state index is 12.5. The molecule has 0 aliphatic carbocycles. The summed E-state index contributed by atoms with van der Waals surface area (Å²) in [6.07, 6.45) is 53.2. The zero-order chi connectivity index (χ0) is 31.5. The molecular weight excluding hydrogens is 528 g/mol. The number of ketones is 1. The van der Waals surface area contributed by atoms with Gasteiger partial charge in [-0.2, -0.15) is 0 Å². The van der Waals surface area contributed by atoms with Crippen molar-refractivity contribution in [3.63, 3.8) is 0 Å². The van der Waals surface area contributed by atoms with Gasteiger partial charge in [0.2, 0.25) is 0 Å². The summed E-state index contributed by atoms with van der Waals surface area (Å²) in [6, 6.07) is 0. The van der Waals surface area contributed by atoms with Gasteiger partial charge in [-0.15, -0.1) is 0 Å². The van der Waals surface area contributed by atoms with Gasteiger partial charge in [0.05, 0.1) is 0 Å². The Labute approximate surface area is 265 Å². The SMILES string of the molecule is CCCCC/C=C\C/C=C\C/C=C\C/C=C\CCCC(=O)C(CC/C=C\C/C=C\C/C=C\C/C=C\CCCCC)C(=O)O. The molecule has 0 aromatic heterocycles. The molecule has 0 aliphatic rings. The van der Waals surface area contributed by atoms with E-state index < -0.39 is 11.9 Å². The van der Waals surface area contributed by atoms with Gasteiger partial charge in [0.1, 0.15) is 11.7 Å². The minimum absolute atomic E-state index is 0.153. The van der Waals surface area contributed by atoms with E-state index in [4.69, 9.17) is 0 Å². The topological polar surface area (TPSA) is 54.4 Å². The Morgan fingerprint density at radius 2 is 0.791 bits per heavy atom. The predicted octanol–water partition coefficient (Wildman–Crippen LogP) is 12.2. The molecule has 3 heteroatoms. The number of hydrogen-bond acceptors (Lipinski definition) is 2. The summed E-state index contributed by atoms with van der Waals surface area (Å²) in [5.74, 6) is -2.06. The van der Waals surface area contributed by atoms with Crippen LogP contribution in [0.1, 0.15) is 136 Å². The van der Waals surface area contributed by atoms with Crippen molar-refractivity contribution in [3.05, 3.63) is 97.2 Å². The van der Waals surface area contributed by atoms with Gasteiger partial charge in [0, 0.05) is 6.42 Å². The second-order valence-corrected chi connectivity index (χ2v) is 11.0. The van der Waals surface area contributed by atoms with E-state index in [-0.39, 0.29) is 5.78 Å². The van der Waals surface area contributed by atoms with Crippen LogP contribution in [0.4, 0.5) is 0 Å². The number of carbonyl (C=O) groups is 2. The van der Waals surface area contributed by atoms with E-state index in [1.165, 1.54) is 51.4 Å². The fourth-order valence-electron chi connectivity index (χ4n) is 4.38. The number of carbonyl (C=O) groups excluding carboxylic acids is 1. The molecule has 0 radical (unpaired) electrons. The quantitative estimate of drug-likeness (QED) is 0.0535. The average Bonchev–Trinajstić information content (AvgIpc) is 3.00. The number of aliphatic carboxylic acids is 1. The van der Waals surface area contributed by atoms with E-state index in [0.717, 1.165) is 44.9 Å². The molecule has 0 saturated heterocycles. The minimum atomic E-state index is -1.00. The molecule has 0 amide bonds. The number of Topliss-reactive ketones (excluding diaryl/α,β-unsaturated/α-hetero) is 1. The van der Waals surface area contributed by atoms with Gasteiger partial charge >= 0.3 is 5.97 Å². The lowest BCUT2D eigenvalue weighted by atomic mass is 9.94. The molecule has 240 valence electrons. The number of allylic oxidation sites excluding steroid dienone is 16. The molecule has 0 saturated carbocycles. The molecule has 1 atom stereocenters. The third-order valence-electron chi connectivity index (χ3n) is 7.02. The largest absolute Gasteiger partial charge is 0.481 e. The smallest absolute Gasteiger partial charge is 0.314 e. The van der Waals surface area contributed by atoms with Crippen molar-refractivity contribution in [2.75, 3.05) is 0 Å². The van der Waals surface area contributed by atoms with Crippen LogP contribution in [0, 0.1) is 5.92 Å². The zero-order valence-corrected chi connectivity index (χ0v) is 27.5. The van der Waals surface area contributed by atoms with Gasteiger partial charge in [-0.1, -0.05) is 137 Å². The highest BCUT2D eigenvalue weighted by molar-refractivity contribution is 5.98. The number of carboxylic acid groups (broad SMARTS) is 1. The van der Waals surface area contributed by atoms with E-state index in [0.29, 0.717) is 25.7 Å². The van der Waals surface area contributed by atoms with Crippen LogP contribution in [0.3, 0.4) is 0 Å². The van der Waals surface area contributed by atoms with Gasteiger partial charge in [0.25, 0.3) is 0 Å². The van der Waals surface area contributed by atoms with Gasteiger partial charge in [0.15, 0.2) is 0 Å². The van der Waals surface area contributed by atoms with Crippen molar-refractivity contribution in [1.29, 1.82) is 0 Å². The highest BCUT2D eigenvalue weighted by atomic mass is 16.4. The first-order valence-electron chi connectivity index (χ1n) is 17.1. The standard InChI is InChI=1S/C40H62O3/c1-3-5-7-9-11-13-15-17-19-21-23-25-27-29-31-33-35-37-39(41)38(40(42)43)36-34-32-30-28-26-24-22-20-18-16-14-12-10-8-6-4-2/h11-14,17-20,23-26,29-32,38H,3-10,15-16,21-22,27-28,33-37H2,1-2H3,(H,42,43)/b13-11-,14-12-,19-17-,20-18-,25-23-,26-24-,31-29-,32-30-. The van der Waals surface area contributed by atoms with E-state index in [9.17, 15) is 14.7 Å². The number of hydrogen-bond donors (Lipinski definition) is 1. The maximum absolute atomic E-state index is 12.5. The van der Waals surface area contributed by atoms with E-state index in [1.807, 2.05) is 12.2 Å². The molecule has 43 heavy (non-hydrogen) atoms. The van der Waals surface area contributed by atoms with Gasteiger partial charge < -0.3 is 5.11 Å². The van der Waals surface area contributed by atoms with Crippen LogP contribution in [0.5, 0.6) is 0 Å². The lowest BCUT2D eigenvalue weighted by Gasteiger charge is -2.09. The third-order valence-corrected chi connectivity index (χ3v) is 7.02. The molecule has 0 fully saturated rings. The Morgan fingerprint density at radius 3 is 1.14 bits per heavy atom. The second kappa shape index (κ2) is 33.6. The minimum Gasteiger partial charge on any atom is -0.481 e. The Bertz CT molecular complexity index is 895. The predicted molar refractivity (Wildman–Crippen MR) is 188 cm³/mol. The van der Waals surface area contributed by atoms with Crippen LogP contribution in [0.25, 0.3) is 0 Å². The fraction of sp³-hybridized carbons (Fsp3) is 0.550. The molecule has 0 rings (SSSR count). The molecule has 0 spiro atoms. The molecule has 0 aliphatic heterocycles. The highest BCUT2D eigenvalue weighted by Gasteiger charge is 2.24.